The highest BCUT2D eigenvalue weighted by Crippen LogP contribution is 2.29. The van der Waals surface area contributed by atoms with Gasteiger partial charge in [-0.15, -0.1) is 0 Å². The lowest BCUT2D eigenvalue weighted by Gasteiger charge is -2.06. The summed E-state index contributed by atoms with van der Waals surface area (Å²) in [6, 6.07) is 11.5. The highest BCUT2D eigenvalue weighted by atomic mass is 32.1. The summed E-state index contributed by atoms with van der Waals surface area (Å²) in [4.78, 5) is 41.4. The summed E-state index contributed by atoms with van der Waals surface area (Å²) in [6.45, 7) is 0. The molecule has 3 aromatic rings. The van der Waals surface area contributed by atoms with Gasteiger partial charge >= 0.3 is 0 Å². The Morgan fingerprint density at radius 1 is 1.08 bits per heavy atom. The highest BCUT2D eigenvalue weighted by Gasteiger charge is 2.23. The number of hydrogen-bond donors (Lipinski definition) is 1. The van der Waals surface area contributed by atoms with Gasteiger partial charge in [0.05, 0.1) is 16.3 Å². The molecule has 0 saturated heterocycles. The van der Waals surface area contributed by atoms with Crippen molar-refractivity contribution in [2.24, 2.45) is 0 Å². The maximum atomic E-state index is 12.5. The molecule has 1 aliphatic carbocycles. The van der Waals surface area contributed by atoms with Gasteiger partial charge in [-0.25, -0.2) is 4.98 Å². The van der Waals surface area contributed by atoms with Crippen molar-refractivity contribution in [1.29, 1.82) is 0 Å². The Kier molecular flexibility index (Phi) is 4.18. The van der Waals surface area contributed by atoms with Gasteiger partial charge in [0.15, 0.2) is 10.9 Å². The van der Waals surface area contributed by atoms with E-state index in [1.807, 2.05) is 6.07 Å². The monoisotopic (exact) mass is 366 g/mol. The van der Waals surface area contributed by atoms with Crippen molar-refractivity contribution in [3.63, 3.8) is 0 Å². The number of aryl methyl sites for hydroxylation is 1. The van der Waals surface area contributed by atoms with Crippen molar-refractivity contribution >= 4 is 28.2 Å². The number of aromatic nitrogens is 3. The van der Waals surface area contributed by atoms with Crippen LogP contribution < -0.4 is 10.9 Å². The van der Waals surface area contributed by atoms with Crippen molar-refractivity contribution in [3.05, 3.63) is 69.1 Å². The van der Waals surface area contributed by atoms with Crippen LogP contribution in [0.25, 0.3) is 5.69 Å². The van der Waals surface area contributed by atoms with Crippen LogP contribution in [0, 0.1) is 0 Å². The van der Waals surface area contributed by atoms with Crippen LogP contribution in [0.5, 0.6) is 0 Å². The van der Waals surface area contributed by atoms with Gasteiger partial charge in [-0.3, -0.25) is 19.7 Å². The summed E-state index contributed by atoms with van der Waals surface area (Å²) in [5.41, 5.74) is 1.07. The van der Waals surface area contributed by atoms with Crippen LogP contribution in [0.3, 0.4) is 0 Å². The predicted molar refractivity (Wildman–Crippen MR) is 97.2 cm³/mol. The fourth-order valence-corrected chi connectivity index (χ4v) is 3.74. The molecule has 0 spiro atoms. The number of benzene rings is 1. The van der Waals surface area contributed by atoms with E-state index < -0.39 is 5.91 Å². The lowest BCUT2D eigenvalue weighted by molar-refractivity contribution is 0.0975. The normalized spacial score (nSPS) is 13.3. The van der Waals surface area contributed by atoms with E-state index in [9.17, 15) is 14.4 Å². The van der Waals surface area contributed by atoms with Crippen LogP contribution in [-0.2, 0) is 6.42 Å². The van der Waals surface area contributed by atoms with Crippen molar-refractivity contribution in [3.8, 4) is 5.69 Å². The molecule has 1 N–H and O–H groups in total. The van der Waals surface area contributed by atoms with E-state index in [2.05, 4.69) is 15.4 Å². The summed E-state index contributed by atoms with van der Waals surface area (Å²) in [5.74, 6) is -0.409. The number of fused-ring (bicyclic) bond motifs is 1. The Balaban J connectivity index is 1.61. The number of carbonyl (C=O) groups excluding carboxylic acids is 2. The van der Waals surface area contributed by atoms with Gasteiger partial charge < -0.3 is 0 Å². The zero-order valence-electron chi connectivity index (χ0n) is 13.6. The summed E-state index contributed by atoms with van der Waals surface area (Å²) >= 11 is 1.18. The summed E-state index contributed by atoms with van der Waals surface area (Å²) in [7, 11) is 0. The SMILES string of the molecule is O=C(Nc1nc2c(s1)C(=O)CCC2)c1ccc(=O)n(-c2ccccc2)n1. The molecule has 0 fully saturated rings. The smallest absolute Gasteiger partial charge is 0.277 e. The molecule has 0 atom stereocenters. The van der Waals surface area contributed by atoms with Gasteiger partial charge in [-0.05, 0) is 31.0 Å². The lowest BCUT2D eigenvalue weighted by Crippen LogP contribution is -2.24. The van der Waals surface area contributed by atoms with Crippen molar-refractivity contribution in [2.45, 2.75) is 19.3 Å². The van der Waals surface area contributed by atoms with Gasteiger partial charge in [0.25, 0.3) is 11.5 Å². The Hall–Kier alpha value is -3.13. The average Bonchev–Trinajstić information content (AvgIpc) is 3.06. The van der Waals surface area contributed by atoms with Crippen LogP contribution in [0.4, 0.5) is 5.13 Å². The topological polar surface area (TPSA) is 94.0 Å². The van der Waals surface area contributed by atoms with Crippen molar-refractivity contribution in [2.75, 3.05) is 5.32 Å². The number of para-hydroxylation sites is 1. The van der Waals surface area contributed by atoms with E-state index in [1.165, 1.54) is 28.2 Å². The minimum Gasteiger partial charge on any atom is -0.296 e. The molecule has 0 saturated carbocycles. The predicted octanol–water partition coefficient (Wildman–Crippen LogP) is 2.46. The third-order valence-electron chi connectivity index (χ3n) is 4.02. The van der Waals surface area contributed by atoms with Crippen LogP contribution >= 0.6 is 11.3 Å². The van der Waals surface area contributed by atoms with Crippen LogP contribution in [0.1, 0.15) is 38.7 Å². The van der Waals surface area contributed by atoms with E-state index in [0.717, 1.165) is 18.5 Å². The molecule has 0 radical (unpaired) electrons. The van der Waals surface area contributed by atoms with Crippen LogP contribution in [0.15, 0.2) is 47.3 Å². The number of carbonyl (C=O) groups is 2. The van der Waals surface area contributed by atoms with Crippen molar-refractivity contribution in [1.82, 2.24) is 14.8 Å². The molecule has 2 aromatic heterocycles. The number of hydrogen-bond acceptors (Lipinski definition) is 6. The fraction of sp³-hybridized carbons (Fsp3) is 0.167. The molecule has 1 aromatic carbocycles. The number of thiazole rings is 1. The Bertz CT molecular complexity index is 1060. The Morgan fingerprint density at radius 2 is 1.88 bits per heavy atom. The number of ketones is 1. The third kappa shape index (κ3) is 3.06. The standard InChI is InChI=1S/C18H14N4O3S/c23-14-8-4-7-12-16(14)26-18(19-12)20-17(25)13-9-10-15(24)22(21-13)11-5-2-1-3-6-11/h1-3,5-6,9-10H,4,7-8H2,(H,19,20,25). The number of anilines is 1. The van der Waals surface area contributed by atoms with Gasteiger partial charge in [-0.2, -0.15) is 9.78 Å². The van der Waals surface area contributed by atoms with E-state index in [4.69, 9.17) is 0 Å². The molecule has 0 unspecified atom stereocenters. The van der Waals surface area contributed by atoms with E-state index in [1.54, 1.807) is 24.3 Å². The zero-order valence-corrected chi connectivity index (χ0v) is 14.5. The first kappa shape index (κ1) is 16.3. The molecule has 8 heteroatoms. The van der Waals surface area contributed by atoms with E-state index in [-0.39, 0.29) is 17.0 Å². The average molecular weight is 366 g/mol. The molecule has 1 amide bonds. The maximum Gasteiger partial charge on any atom is 0.277 e. The Labute approximate surface area is 152 Å². The van der Waals surface area contributed by atoms with Crippen LogP contribution in [-0.4, -0.2) is 26.5 Å². The molecule has 1 aliphatic rings. The maximum absolute atomic E-state index is 12.5. The molecular formula is C18H14N4O3S. The van der Waals surface area contributed by atoms with Crippen molar-refractivity contribution < 1.29 is 9.59 Å². The number of nitrogens with zero attached hydrogens (tertiary/aromatic N) is 3. The molecule has 26 heavy (non-hydrogen) atoms. The fourth-order valence-electron chi connectivity index (χ4n) is 2.77. The lowest BCUT2D eigenvalue weighted by atomic mass is 10.0. The minimum absolute atomic E-state index is 0.0694. The van der Waals surface area contributed by atoms with E-state index in [0.29, 0.717) is 22.1 Å². The molecule has 2 heterocycles. The largest absolute Gasteiger partial charge is 0.296 e. The second-order valence-corrected chi connectivity index (χ2v) is 6.83. The van der Waals surface area contributed by atoms with Gasteiger partial charge in [0.1, 0.15) is 5.69 Å². The second kappa shape index (κ2) is 6.64. The quantitative estimate of drug-likeness (QED) is 0.768. The zero-order chi connectivity index (χ0) is 18.1. The molecule has 4 rings (SSSR count). The summed E-state index contributed by atoms with van der Waals surface area (Å²) in [5, 5.41) is 7.18. The third-order valence-corrected chi connectivity index (χ3v) is 5.08. The Morgan fingerprint density at radius 3 is 2.65 bits per heavy atom. The molecule has 130 valence electrons. The molecule has 7 nitrogen and oxygen atoms in total. The van der Waals surface area contributed by atoms with Crippen LogP contribution in [0.2, 0.25) is 0 Å². The molecule has 0 aliphatic heterocycles. The number of rotatable bonds is 3. The van der Waals surface area contributed by atoms with Gasteiger partial charge in [-0.1, -0.05) is 29.5 Å². The molecule has 0 bridgehead atoms. The first-order valence-corrected chi connectivity index (χ1v) is 8.93. The number of Topliss-reactive ketones (excluding diaryl/α,β-unsaturated/α-hetero) is 1. The van der Waals surface area contributed by atoms with Gasteiger partial charge in [0, 0.05) is 12.5 Å². The first-order chi connectivity index (χ1) is 12.6. The summed E-state index contributed by atoms with van der Waals surface area (Å²) < 4.78 is 1.17. The van der Waals surface area contributed by atoms with E-state index >= 15 is 0 Å². The summed E-state index contributed by atoms with van der Waals surface area (Å²) in [6.07, 6.45) is 2.04. The number of nitrogens with one attached hydrogen (secondary N) is 1. The number of amides is 1. The minimum atomic E-state index is -0.478. The molecular weight excluding hydrogens is 352 g/mol. The highest BCUT2D eigenvalue weighted by molar-refractivity contribution is 7.17. The van der Waals surface area contributed by atoms with Gasteiger partial charge in [0.2, 0.25) is 0 Å². The second-order valence-electron chi connectivity index (χ2n) is 5.83. The first-order valence-electron chi connectivity index (χ1n) is 8.12.